The maximum Gasteiger partial charge on any atom is 0.219 e. The number of aryl methyl sites for hydroxylation is 2. The van der Waals surface area contributed by atoms with Crippen LogP contribution in [0, 0.1) is 13.8 Å². The quantitative estimate of drug-likeness (QED) is 0.741. The van der Waals surface area contributed by atoms with Gasteiger partial charge in [0.1, 0.15) is 0 Å². The van der Waals surface area contributed by atoms with Crippen LogP contribution in [-0.4, -0.2) is 24.4 Å². The minimum absolute atomic E-state index is 0.124. The number of amides is 1. The Morgan fingerprint density at radius 3 is 2.47 bits per heavy atom. The molecule has 0 saturated heterocycles. The van der Waals surface area contributed by atoms with Gasteiger partial charge in [-0.2, -0.15) is 0 Å². The normalized spacial score (nSPS) is 10.1. The van der Waals surface area contributed by atoms with E-state index in [-0.39, 0.29) is 5.91 Å². The topological polar surface area (TPSA) is 20.3 Å². The Morgan fingerprint density at radius 1 is 1.27 bits per heavy atom. The van der Waals surface area contributed by atoms with Crippen LogP contribution in [0.3, 0.4) is 0 Å². The second-order valence-electron chi connectivity index (χ2n) is 4.11. The van der Waals surface area contributed by atoms with Crippen molar-refractivity contribution in [2.24, 2.45) is 0 Å². The SMILES string of the molecule is CC(=O)N(C)CCc1ccc(C)c(C)c1. The first-order chi connectivity index (χ1) is 7.00. The van der Waals surface area contributed by atoms with Gasteiger partial charge in [-0.05, 0) is 37.0 Å². The van der Waals surface area contributed by atoms with Crippen molar-refractivity contribution < 1.29 is 4.79 Å². The zero-order chi connectivity index (χ0) is 11.4. The van der Waals surface area contributed by atoms with Crippen molar-refractivity contribution in [2.45, 2.75) is 27.2 Å². The van der Waals surface area contributed by atoms with Crippen LogP contribution in [0.1, 0.15) is 23.6 Å². The van der Waals surface area contributed by atoms with E-state index in [1.165, 1.54) is 16.7 Å². The van der Waals surface area contributed by atoms with E-state index < -0.39 is 0 Å². The van der Waals surface area contributed by atoms with Crippen LogP contribution in [0.5, 0.6) is 0 Å². The van der Waals surface area contributed by atoms with Crippen LogP contribution >= 0.6 is 0 Å². The molecule has 1 rings (SSSR count). The zero-order valence-corrected chi connectivity index (χ0v) is 10.0. The minimum Gasteiger partial charge on any atom is -0.346 e. The summed E-state index contributed by atoms with van der Waals surface area (Å²) in [6.45, 7) is 6.62. The molecule has 0 aliphatic rings. The summed E-state index contributed by atoms with van der Waals surface area (Å²) in [7, 11) is 1.84. The fraction of sp³-hybridized carbons (Fsp3) is 0.462. The number of carbonyl (C=O) groups is 1. The van der Waals surface area contributed by atoms with Crippen molar-refractivity contribution >= 4 is 5.91 Å². The highest BCUT2D eigenvalue weighted by Gasteiger charge is 2.02. The van der Waals surface area contributed by atoms with Gasteiger partial charge in [-0.3, -0.25) is 4.79 Å². The second-order valence-corrected chi connectivity index (χ2v) is 4.11. The maximum absolute atomic E-state index is 11.0. The van der Waals surface area contributed by atoms with Gasteiger partial charge >= 0.3 is 0 Å². The molecular formula is C13H19NO. The summed E-state index contributed by atoms with van der Waals surface area (Å²) in [6, 6.07) is 6.47. The largest absolute Gasteiger partial charge is 0.346 e. The zero-order valence-electron chi connectivity index (χ0n) is 10.0. The van der Waals surface area contributed by atoms with Crippen LogP contribution in [-0.2, 0) is 11.2 Å². The van der Waals surface area contributed by atoms with E-state index in [9.17, 15) is 4.79 Å². The third-order valence-corrected chi connectivity index (χ3v) is 2.84. The van der Waals surface area contributed by atoms with Crippen LogP contribution in [0.2, 0.25) is 0 Å². The number of nitrogens with zero attached hydrogens (tertiary/aromatic N) is 1. The maximum atomic E-state index is 11.0. The van der Waals surface area contributed by atoms with Gasteiger partial charge in [-0.15, -0.1) is 0 Å². The average molecular weight is 205 g/mol. The molecule has 1 amide bonds. The average Bonchev–Trinajstić information content (AvgIpc) is 2.19. The van der Waals surface area contributed by atoms with Gasteiger partial charge in [0.2, 0.25) is 5.91 Å². The molecule has 1 aromatic rings. The van der Waals surface area contributed by atoms with Gasteiger partial charge < -0.3 is 4.90 Å². The summed E-state index contributed by atoms with van der Waals surface area (Å²) in [5.41, 5.74) is 3.93. The Kier molecular flexibility index (Phi) is 3.89. The fourth-order valence-electron chi connectivity index (χ4n) is 1.41. The molecule has 2 nitrogen and oxygen atoms in total. The molecule has 0 aliphatic carbocycles. The van der Waals surface area contributed by atoms with E-state index in [1.807, 2.05) is 7.05 Å². The van der Waals surface area contributed by atoms with E-state index in [4.69, 9.17) is 0 Å². The molecule has 0 atom stereocenters. The molecule has 0 spiro atoms. The Labute approximate surface area is 91.9 Å². The number of carbonyl (C=O) groups excluding carboxylic acids is 1. The molecule has 0 saturated carbocycles. The van der Waals surface area contributed by atoms with Crippen molar-refractivity contribution in [1.29, 1.82) is 0 Å². The second kappa shape index (κ2) is 4.96. The molecule has 0 bridgehead atoms. The highest BCUT2D eigenvalue weighted by atomic mass is 16.2. The van der Waals surface area contributed by atoms with E-state index in [0.29, 0.717) is 0 Å². The van der Waals surface area contributed by atoms with Crippen LogP contribution in [0.25, 0.3) is 0 Å². The summed E-state index contributed by atoms with van der Waals surface area (Å²) in [4.78, 5) is 12.8. The van der Waals surface area contributed by atoms with Gasteiger partial charge in [-0.25, -0.2) is 0 Å². The summed E-state index contributed by atoms with van der Waals surface area (Å²) in [5.74, 6) is 0.124. The Hall–Kier alpha value is -1.31. The molecule has 0 radical (unpaired) electrons. The van der Waals surface area contributed by atoms with Crippen LogP contribution < -0.4 is 0 Å². The predicted octanol–water partition coefficient (Wildman–Crippen LogP) is 2.32. The monoisotopic (exact) mass is 205 g/mol. The molecule has 0 fully saturated rings. The molecule has 15 heavy (non-hydrogen) atoms. The molecule has 2 heteroatoms. The number of rotatable bonds is 3. The lowest BCUT2D eigenvalue weighted by molar-refractivity contribution is -0.127. The first-order valence-corrected chi connectivity index (χ1v) is 5.28. The molecule has 0 N–H and O–H groups in total. The first-order valence-electron chi connectivity index (χ1n) is 5.28. The fourth-order valence-corrected chi connectivity index (χ4v) is 1.41. The summed E-state index contributed by atoms with van der Waals surface area (Å²) >= 11 is 0. The Balaban J connectivity index is 2.58. The molecule has 0 unspecified atom stereocenters. The van der Waals surface area contributed by atoms with Crippen molar-refractivity contribution in [3.05, 3.63) is 34.9 Å². The van der Waals surface area contributed by atoms with Crippen molar-refractivity contribution in [1.82, 2.24) is 4.90 Å². The van der Waals surface area contributed by atoms with Crippen molar-refractivity contribution in [2.75, 3.05) is 13.6 Å². The molecule has 82 valence electrons. The highest BCUT2D eigenvalue weighted by Crippen LogP contribution is 2.10. The van der Waals surface area contributed by atoms with E-state index in [2.05, 4.69) is 32.0 Å². The van der Waals surface area contributed by atoms with Crippen LogP contribution in [0.15, 0.2) is 18.2 Å². The first kappa shape index (κ1) is 11.8. The highest BCUT2D eigenvalue weighted by molar-refractivity contribution is 5.72. The lowest BCUT2D eigenvalue weighted by Gasteiger charge is -2.14. The van der Waals surface area contributed by atoms with Gasteiger partial charge in [0, 0.05) is 20.5 Å². The molecule has 0 aliphatic heterocycles. The third kappa shape index (κ3) is 3.39. The Morgan fingerprint density at radius 2 is 1.93 bits per heavy atom. The molecule has 0 aromatic heterocycles. The van der Waals surface area contributed by atoms with E-state index >= 15 is 0 Å². The minimum atomic E-state index is 0.124. The van der Waals surface area contributed by atoms with Crippen LogP contribution in [0.4, 0.5) is 0 Å². The smallest absolute Gasteiger partial charge is 0.219 e. The van der Waals surface area contributed by atoms with Gasteiger partial charge in [-0.1, -0.05) is 18.2 Å². The van der Waals surface area contributed by atoms with E-state index in [0.717, 1.165) is 13.0 Å². The summed E-state index contributed by atoms with van der Waals surface area (Å²) in [6.07, 6.45) is 0.928. The standard InChI is InChI=1S/C13H19NO/c1-10-5-6-13(9-11(10)2)7-8-14(4)12(3)15/h5-6,9H,7-8H2,1-4H3. The molecule has 0 heterocycles. The van der Waals surface area contributed by atoms with Gasteiger partial charge in [0.05, 0.1) is 0 Å². The molecule has 1 aromatic carbocycles. The summed E-state index contributed by atoms with van der Waals surface area (Å²) < 4.78 is 0. The number of hydrogen-bond acceptors (Lipinski definition) is 1. The number of likely N-dealkylation sites (N-methyl/N-ethyl adjacent to an activating group) is 1. The van der Waals surface area contributed by atoms with Gasteiger partial charge in [0.25, 0.3) is 0 Å². The van der Waals surface area contributed by atoms with Crippen molar-refractivity contribution in [3.63, 3.8) is 0 Å². The third-order valence-electron chi connectivity index (χ3n) is 2.84. The Bertz CT molecular complexity index is 358. The van der Waals surface area contributed by atoms with E-state index in [1.54, 1.807) is 11.8 Å². The molecular weight excluding hydrogens is 186 g/mol. The van der Waals surface area contributed by atoms with Crippen molar-refractivity contribution in [3.8, 4) is 0 Å². The lowest BCUT2D eigenvalue weighted by atomic mass is 10.0. The number of hydrogen-bond donors (Lipinski definition) is 0. The number of benzene rings is 1. The predicted molar refractivity (Wildman–Crippen MR) is 62.9 cm³/mol. The summed E-state index contributed by atoms with van der Waals surface area (Å²) in [5, 5.41) is 0. The lowest BCUT2D eigenvalue weighted by Crippen LogP contribution is -2.26. The van der Waals surface area contributed by atoms with Gasteiger partial charge in [0.15, 0.2) is 0 Å².